The van der Waals surface area contributed by atoms with Crippen LogP contribution >= 0.6 is 0 Å². The molecule has 2 atom stereocenters. The zero-order valence-electron chi connectivity index (χ0n) is 22.8. The van der Waals surface area contributed by atoms with Crippen LogP contribution in [0.25, 0.3) is 11.5 Å². The van der Waals surface area contributed by atoms with Crippen molar-refractivity contribution < 1.29 is 30.9 Å². The third-order valence-corrected chi connectivity index (χ3v) is 9.12. The number of aromatic nitrogens is 4. The number of carbonyl (C=O) groups excluding carboxylic acids is 1. The van der Waals surface area contributed by atoms with E-state index in [0.717, 1.165) is 29.5 Å². The van der Waals surface area contributed by atoms with Crippen LogP contribution in [0.1, 0.15) is 66.9 Å². The number of halogens is 3. The van der Waals surface area contributed by atoms with E-state index in [1.807, 2.05) is 50.5 Å². The van der Waals surface area contributed by atoms with Gasteiger partial charge in [0.25, 0.3) is 0 Å². The van der Waals surface area contributed by atoms with E-state index in [1.165, 1.54) is 0 Å². The fourth-order valence-electron chi connectivity index (χ4n) is 5.40. The van der Waals surface area contributed by atoms with Crippen LogP contribution in [0.3, 0.4) is 0 Å². The summed E-state index contributed by atoms with van der Waals surface area (Å²) in [5.74, 6) is -0.577. The molecule has 0 amide bonds. The van der Waals surface area contributed by atoms with Gasteiger partial charge in [0.05, 0.1) is 0 Å². The van der Waals surface area contributed by atoms with Crippen molar-refractivity contribution in [2.75, 3.05) is 13.1 Å². The lowest BCUT2D eigenvalue weighted by Gasteiger charge is -2.19. The Morgan fingerprint density at radius 1 is 1.12 bits per heavy atom. The minimum Gasteiger partial charge on any atom is -0.361 e. The monoisotopic (exact) mass is 579 g/mol. The van der Waals surface area contributed by atoms with Gasteiger partial charge in [-0.2, -0.15) is 17.5 Å². The van der Waals surface area contributed by atoms with Crippen LogP contribution in [0, 0.1) is 25.7 Å². The van der Waals surface area contributed by atoms with Crippen molar-refractivity contribution in [2.45, 2.75) is 70.8 Å². The zero-order chi connectivity index (χ0) is 29.0. The molecule has 1 saturated heterocycles. The van der Waals surface area contributed by atoms with Crippen LogP contribution in [-0.4, -0.2) is 57.0 Å². The molecule has 1 aliphatic carbocycles. The van der Waals surface area contributed by atoms with Crippen molar-refractivity contribution in [1.82, 2.24) is 24.2 Å². The largest absolute Gasteiger partial charge is 0.511 e. The number of alkyl halides is 3. The summed E-state index contributed by atoms with van der Waals surface area (Å²) < 4.78 is 73.1. The van der Waals surface area contributed by atoms with E-state index in [4.69, 9.17) is 4.52 Å². The highest BCUT2D eigenvalue weighted by Crippen LogP contribution is 2.44. The molecule has 2 fully saturated rings. The lowest BCUT2D eigenvalue weighted by Crippen LogP contribution is -2.39. The number of aryl methyl sites for hydroxylation is 2. The molecule has 40 heavy (non-hydrogen) atoms. The Balaban J connectivity index is 1.53. The van der Waals surface area contributed by atoms with Crippen molar-refractivity contribution in [3.63, 3.8) is 0 Å². The number of hydrogen-bond donors (Lipinski definition) is 0. The molecule has 3 heterocycles. The minimum atomic E-state index is -5.64. The Morgan fingerprint density at radius 2 is 1.85 bits per heavy atom. The van der Waals surface area contributed by atoms with Crippen LogP contribution in [0.2, 0.25) is 0 Å². The molecule has 1 aliphatic heterocycles. The Hall–Kier alpha value is -3.06. The second-order valence-electron chi connectivity index (χ2n) is 11.3. The smallest absolute Gasteiger partial charge is 0.361 e. The molecule has 0 N–H and O–H groups in total. The summed E-state index contributed by atoms with van der Waals surface area (Å²) in [6, 6.07) is 7.36. The van der Waals surface area contributed by atoms with Crippen LogP contribution in [0.5, 0.6) is 0 Å². The zero-order valence-corrected chi connectivity index (χ0v) is 23.6. The van der Waals surface area contributed by atoms with E-state index in [9.17, 15) is 26.4 Å². The predicted molar refractivity (Wildman–Crippen MR) is 140 cm³/mol. The Morgan fingerprint density at radius 3 is 2.48 bits per heavy atom. The molecule has 3 aromatic rings. The number of Topliss-reactive ketones (excluding diaryl/α,β-unsaturated/α-hetero) is 1. The first-order chi connectivity index (χ1) is 18.8. The first kappa shape index (κ1) is 28.5. The Bertz CT molecular complexity index is 1520. The fraction of sp³-hybridized carbons (Fsp3) is 0.556. The van der Waals surface area contributed by atoms with Crippen molar-refractivity contribution in [1.29, 1.82) is 0 Å². The summed E-state index contributed by atoms with van der Waals surface area (Å²) in [4.78, 5) is 13.6. The van der Waals surface area contributed by atoms with Gasteiger partial charge in [0.2, 0.25) is 0 Å². The highest BCUT2D eigenvalue weighted by atomic mass is 32.2. The Kier molecular flexibility index (Phi) is 7.40. The van der Waals surface area contributed by atoms with Gasteiger partial charge in [-0.15, -0.1) is 10.2 Å². The van der Waals surface area contributed by atoms with E-state index in [2.05, 4.69) is 15.4 Å². The SMILES string of the molecule is Cc1ccc(CC(=O)[C@H]2CN(S(=O)(=O)C(F)(F)F)C[C@@H]2c2nnc(-c3cc(CC(C)C)on3)n2C2CC2)c(C)c1. The Labute approximate surface area is 230 Å². The average molecular weight is 580 g/mol. The first-order valence-electron chi connectivity index (χ1n) is 13.3. The van der Waals surface area contributed by atoms with Gasteiger partial charge in [0.1, 0.15) is 17.4 Å². The minimum absolute atomic E-state index is 0.0198. The molecule has 0 radical (unpaired) electrons. The number of carbonyl (C=O) groups is 1. The summed E-state index contributed by atoms with van der Waals surface area (Å²) >= 11 is 0. The molecular formula is C27H32F3N5O4S. The molecule has 0 unspecified atom stereocenters. The maximum absolute atomic E-state index is 13.6. The number of nitrogens with zero attached hydrogens (tertiary/aromatic N) is 5. The fourth-order valence-corrected chi connectivity index (χ4v) is 6.41. The van der Waals surface area contributed by atoms with E-state index in [1.54, 1.807) is 6.07 Å². The normalized spacial score (nSPS) is 20.5. The first-order valence-corrected chi connectivity index (χ1v) is 14.8. The van der Waals surface area contributed by atoms with Crippen LogP contribution in [0.4, 0.5) is 13.2 Å². The molecule has 2 aliphatic rings. The molecule has 1 aromatic carbocycles. The van der Waals surface area contributed by atoms with Gasteiger partial charge < -0.3 is 9.09 Å². The summed E-state index contributed by atoms with van der Waals surface area (Å²) in [5, 5.41) is 12.8. The van der Waals surface area contributed by atoms with Crippen molar-refractivity contribution >= 4 is 15.8 Å². The number of benzene rings is 1. The number of rotatable bonds is 9. The van der Waals surface area contributed by atoms with E-state index >= 15 is 0 Å². The van der Waals surface area contributed by atoms with Crippen molar-refractivity contribution in [3.05, 3.63) is 52.5 Å². The third-order valence-electron chi connectivity index (χ3n) is 7.56. The molecule has 216 valence electrons. The molecule has 9 nitrogen and oxygen atoms in total. The maximum atomic E-state index is 13.6. The standard InChI is InChI=1S/C27H32F3N5O4S/c1-15(2)9-20-12-23(33-39-20)26-32-31-25(35(26)19-7-8-19)22-14-34(40(37,38)27(28,29)30)13-21(22)24(36)11-18-6-5-16(3)10-17(18)4/h5-6,10,12,15,19,21-22H,7-9,11,13-14H2,1-4H3/t21-,22-/m0/s1. The molecule has 13 heteroatoms. The summed E-state index contributed by atoms with van der Waals surface area (Å²) in [5.41, 5.74) is -2.39. The van der Waals surface area contributed by atoms with Gasteiger partial charge in [-0.25, -0.2) is 8.42 Å². The van der Waals surface area contributed by atoms with Gasteiger partial charge >= 0.3 is 15.5 Å². The molecule has 5 rings (SSSR count). The van der Waals surface area contributed by atoms with E-state index in [0.29, 0.717) is 39.7 Å². The van der Waals surface area contributed by atoms with Crippen molar-refractivity contribution in [2.24, 2.45) is 11.8 Å². The number of hydrogen-bond acceptors (Lipinski definition) is 7. The quantitative estimate of drug-likeness (QED) is 0.359. The number of sulfonamides is 1. The average Bonchev–Trinajstić information content (AvgIpc) is 3.24. The molecule has 1 saturated carbocycles. The molecule has 0 spiro atoms. The second kappa shape index (κ2) is 10.4. The lowest BCUT2D eigenvalue weighted by molar-refractivity contribution is -0.122. The topological polar surface area (TPSA) is 111 Å². The summed E-state index contributed by atoms with van der Waals surface area (Å²) in [6.07, 6.45) is 2.24. The molecule has 0 bridgehead atoms. The van der Waals surface area contributed by atoms with Gasteiger partial charge in [-0.3, -0.25) is 4.79 Å². The summed E-state index contributed by atoms with van der Waals surface area (Å²) in [6.45, 7) is 6.78. The molecule has 2 aromatic heterocycles. The predicted octanol–water partition coefficient (Wildman–Crippen LogP) is 4.76. The highest BCUT2D eigenvalue weighted by molar-refractivity contribution is 7.90. The van der Waals surface area contributed by atoms with Gasteiger partial charge in [0, 0.05) is 49.9 Å². The van der Waals surface area contributed by atoms with Crippen LogP contribution in [-0.2, 0) is 27.7 Å². The van der Waals surface area contributed by atoms with Crippen LogP contribution < -0.4 is 0 Å². The lowest BCUT2D eigenvalue weighted by atomic mass is 9.87. The number of ketones is 1. The van der Waals surface area contributed by atoms with Gasteiger partial charge in [0.15, 0.2) is 11.5 Å². The van der Waals surface area contributed by atoms with E-state index < -0.39 is 40.5 Å². The molecular weight excluding hydrogens is 547 g/mol. The van der Waals surface area contributed by atoms with E-state index in [-0.39, 0.29) is 18.2 Å². The highest BCUT2D eigenvalue weighted by Gasteiger charge is 2.55. The maximum Gasteiger partial charge on any atom is 0.511 e. The third kappa shape index (κ3) is 5.45. The van der Waals surface area contributed by atoms with Gasteiger partial charge in [-0.05, 0) is 43.7 Å². The van der Waals surface area contributed by atoms with Crippen molar-refractivity contribution in [3.8, 4) is 11.5 Å². The second-order valence-corrected chi connectivity index (χ2v) is 13.2. The van der Waals surface area contributed by atoms with Gasteiger partial charge in [-0.1, -0.05) is 42.8 Å². The summed E-state index contributed by atoms with van der Waals surface area (Å²) in [7, 11) is -5.64. The van der Waals surface area contributed by atoms with Crippen LogP contribution in [0.15, 0.2) is 28.8 Å².